The van der Waals surface area contributed by atoms with Crippen LogP contribution in [-0.2, 0) is 20.0 Å². The molecule has 0 spiro atoms. The number of nitrogens with zero attached hydrogens (tertiary/aromatic N) is 5. The molecule has 0 saturated heterocycles. The topological polar surface area (TPSA) is 60.6 Å². The third-order valence-corrected chi connectivity index (χ3v) is 3.09. The SMILES string of the molecule is CCCCNc1nc(C)cn1CCc1nncn1C. The molecule has 0 radical (unpaired) electrons. The number of anilines is 1. The second-order valence-corrected chi connectivity index (χ2v) is 4.79. The first-order valence-corrected chi connectivity index (χ1v) is 6.81. The van der Waals surface area contributed by atoms with Crippen molar-refractivity contribution >= 4 is 5.95 Å². The normalized spacial score (nSPS) is 10.9. The molecule has 0 bridgehead atoms. The van der Waals surface area contributed by atoms with Gasteiger partial charge in [0, 0.05) is 32.8 Å². The van der Waals surface area contributed by atoms with Crippen molar-refractivity contribution in [1.29, 1.82) is 0 Å². The second-order valence-electron chi connectivity index (χ2n) is 4.79. The van der Waals surface area contributed by atoms with E-state index < -0.39 is 0 Å². The summed E-state index contributed by atoms with van der Waals surface area (Å²) in [6.45, 7) is 6.04. The van der Waals surface area contributed by atoms with E-state index in [1.54, 1.807) is 6.33 Å². The summed E-state index contributed by atoms with van der Waals surface area (Å²) in [5, 5.41) is 11.4. The second kappa shape index (κ2) is 6.36. The van der Waals surface area contributed by atoms with Gasteiger partial charge in [0.1, 0.15) is 12.2 Å². The first-order valence-electron chi connectivity index (χ1n) is 6.81. The molecule has 2 heterocycles. The molecule has 2 aromatic heterocycles. The number of nitrogens with one attached hydrogen (secondary N) is 1. The Bertz CT molecular complexity index is 513. The van der Waals surface area contributed by atoms with Crippen molar-refractivity contribution in [2.45, 2.75) is 39.7 Å². The highest BCUT2D eigenvalue weighted by molar-refractivity contribution is 5.28. The summed E-state index contributed by atoms with van der Waals surface area (Å²) < 4.78 is 4.10. The van der Waals surface area contributed by atoms with Crippen molar-refractivity contribution in [1.82, 2.24) is 24.3 Å². The molecule has 0 aliphatic rings. The first kappa shape index (κ1) is 13.6. The van der Waals surface area contributed by atoms with Gasteiger partial charge in [0.05, 0.1) is 5.69 Å². The molecule has 2 rings (SSSR count). The average molecular weight is 262 g/mol. The van der Waals surface area contributed by atoms with Crippen molar-refractivity contribution in [2.24, 2.45) is 7.05 Å². The standard InChI is InChI=1S/C13H22N6/c1-4-5-7-14-13-16-11(2)9-19(13)8-6-12-17-15-10-18(12)3/h9-10H,4-8H2,1-3H3,(H,14,16). The molecule has 0 saturated carbocycles. The van der Waals surface area contributed by atoms with Crippen LogP contribution in [0.2, 0.25) is 0 Å². The largest absolute Gasteiger partial charge is 0.356 e. The number of unbranched alkanes of at least 4 members (excludes halogenated alkanes) is 1. The summed E-state index contributed by atoms with van der Waals surface area (Å²) in [6, 6.07) is 0. The van der Waals surface area contributed by atoms with Gasteiger partial charge in [-0.25, -0.2) is 4.98 Å². The molecule has 2 aromatic rings. The zero-order valence-electron chi connectivity index (χ0n) is 11.9. The number of aryl methyl sites for hydroxylation is 4. The highest BCUT2D eigenvalue weighted by Crippen LogP contribution is 2.10. The Labute approximate surface area is 113 Å². The molecule has 0 aromatic carbocycles. The Morgan fingerprint density at radius 3 is 2.89 bits per heavy atom. The Balaban J connectivity index is 1.97. The quantitative estimate of drug-likeness (QED) is 0.773. The zero-order valence-corrected chi connectivity index (χ0v) is 11.9. The summed E-state index contributed by atoms with van der Waals surface area (Å²) in [6.07, 6.45) is 7.01. The summed E-state index contributed by atoms with van der Waals surface area (Å²) in [5.74, 6) is 1.94. The van der Waals surface area contributed by atoms with Crippen LogP contribution in [0, 0.1) is 6.92 Å². The fourth-order valence-electron chi connectivity index (χ4n) is 1.99. The minimum absolute atomic E-state index is 0.856. The van der Waals surface area contributed by atoms with Gasteiger partial charge in [-0.2, -0.15) is 0 Å². The maximum absolute atomic E-state index is 4.51. The molecule has 19 heavy (non-hydrogen) atoms. The van der Waals surface area contributed by atoms with E-state index in [2.05, 4.69) is 38.2 Å². The molecule has 6 nitrogen and oxygen atoms in total. The lowest BCUT2D eigenvalue weighted by Gasteiger charge is -2.09. The minimum Gasteiger partial charge on any atom is -0.356 e. The van der Waals surface area contributed by atoms with Gasteiger partial charge in [-0.3, -0.25) is 0 Å². The molecule has 0 aliphatic heterocycles. The van der Waals surface area contributed by atoms with Crippen LogP contribution in [0.3, 0.4) is 0 Å². The maximum atomic E-state index is 4.51. The predicted octanol–water partition coefficient (Wildman–Crippen LogP) is 1.77. The van der Waals surface area contributed by atoms with E-state index in [0.717, 1.165) is 43.4 Å². The molecular weight excluding hydrogens is 240 g/mol. The fraction of sp³-hybridized carbons (Fsp3) is 0.615. The first-order chi connectivity index (χ1) is 9.20. The highest BCUT2D eigenvalue weighted by atomic mass is 15.3. The van der Waals surface area contributed by atoms with Crippen molar-refractivity contribution in [3.8, 4) is 0 Å². The van der Waals surface area contributed by atoms with Crippen LogP contribution in [0.25, 0.3) is 0 Å². The summed E-state index contributed by atoms with van der Waals surface area (Å²) in [5.41, 5.74) is 1.04. The lowest BCUT2D eigenvalue weighted by atomic mass is 10.3. The van der Waals surface area contributed by atoms with Gasteiger partial charge >= 0.3 is 0 Å². The van der Waals surface area contributed by atoms with Gasteiger partial charge in [0.2, 0.25) is 5.95 Å². The van der Waals surface area contributed by atoms with E-state index in [0.29, 0.717) is 0 Å². The van der Waals surface area contributed by atoms with Crippen LogP contribution in [0.1, 0.15) is 31.3 Å². The number of hydrogen-bond acceptors (Lipinski definition) is 4. The van der Waals surface area contributed by atoms with Crippen LogP contribution in [-0.4, -0.2) is 30.9 Å². The summed E-state index contributed by atoms with van der Waals surface area (Å²) in [7, 11) is 1.97. The third-order valence-electron chi connectivity index (χ3n) is 3.09. The Hall–Kier alpha value is -1.85. The fourth-order valence-corrected chi connectivity index (χ4v) is 1.99. The molecule has 0 fully saturated rings. The van der Waals surface area contributed by atoms with Gasteiger partial charge in [-0.05, 0) is 13.3 Å². The number of rotatable bonds is 7. The van der Waals surface area contributed by atoms with Gasteiger partial charge in [0.25, 0.3) is 0 Å². The van der Waals surface area contributed by atoms with E-state index in [1.807, 2.05) is 18.5 Å². The Morgan fingerprint density at radius 1 is 1.37 bits per heavy atom. The smallest absolute Gasteiger partial charge is 0.203 e. The lowest BCUT2D eigenvalue weighted by molar-refractivity contribution is 0.650. The van der Waals surface area contributed by atoms with Crippen molar-refractivity contribution in [3.63, 3.8) is 0 Å². The highest BCUT2D eigenvalue weighted by Gasteiger charge is 2.07. The van der Waals surface area contributed by atoms with Crippen molar-refractivity contribution < 1.29 is 0 Å². The predicted molar refractivity (Wildman–Crippen MR) is 75.1 cm³/mol. The van der Waals surface area contributed by atoms with E-state index in [4.69, 9.17) is 0 Å². The van der Waals surface area contributed by atoms with Crippen molar-refractivity contribution in [2.75, 3.05) is 11.9 Å². The molecule has 1 N–H and O–H groups in total. The molecule has 0 aliphatic carbocycles. The van der Waals surface area contributed by atoms with Gasteiger partial charge in [-0.15, -0.1) is 10.2 Å². The average Bonchev–Trinajstić information content (AvgIpc) is 2.94. The summed E-state index contributed by atoms with van der Waals surface area (Å²) >= 11 is 0. The summed E-state index contributed by atoms with van der Waals surface area (Å²) in [4.78, 5) is 4.51. The van der Waals surface area contributed by atoms with Gasteiger partial charge in [0.15, 0.2) is 0 Å². The van der Waals surface area contributed by atoms with Crippen LogP contribution >= 0.6 is 0 Å². The van der Waals surface area contributed by atoms with Gasteiger partial charge in [-0.1, -0.05) is 13.3 Å². The molecular formula is C13H22N6. The van der Waals surface area contributed by atoms with Crippen molar-refractivity contribution in [3.05, 3.63) is 24.0 Å². The zero-order chi connectivity index (χ0) is 13.7. The number of imidazole rings is 1. The van der Waals surface area contributed by atoms with Crippen LogP contribution in [0.4, 0.5) is 5.95 Å². The monoisotopic (exact) mass is 262 g/mol. The Morgan fingerprint density at radius 2 is 2.21 bits per heavy atom. The Kier molecular flexibility index (Phi) is 4.54. The van der Waals surface area contributed by atoms with Crippen LogP contribution < -0.4 is 5.32 Å². The minimum atomic E-state index is 0.856. The molecule has 0 atom stereocenters. The molecule has 104 valence electrons. The van der Waals surface area contributed by atoms with Crippen LogP contribution in [0.15, 0.2) is 12.5 Å². The number of hydrogen-bond donors (Lipinski definition) is 1. The third kappa shape index (κ3) is 3.56. The van der Waals surface area contributed by atoms with E-state index >= 15 is 0 Å². The maximum Gasteiger partial charge on any atom is 0.203 e. The van der Waals surface area contributed by atoms with Crippen LogP contribution in [0.5, 0.6) is 0 Å². The van der Waals surface area contributed by atoms with E-state index in [1.165, 1.54) is 6.42 Å². The van der Waals surface area contributed by atoms with Gasteiger partial charge < -0.3 is 14.5 Å². The molecule has 6 heteroatoms. The van der Waals surface area contributed by atoms with E-state index in [9.17, 15) is 0 Å². The molecule has 0 unspecified atom stereocenters. The molecule has 0 amide bonds. The number of aromatic nitrogens is 5. The van der Waals surface area contributed by atoms with E-state index in [-0.39, 0.29) is 0 Å². The lowest BCUT2D eigenvalue weighted by Crippen LogP contribution is -2.11.